The van der Waals surface area contributed by atoms with Gasteiger partial charge in [-0.3, -0.25) is 14.4 Å². The lowest BCUT2D eigenvalue weighted by atomic mass is 9.70. The molecule has 2 bridgehead atoms. The molecule has 0 aromatic heterocycles. The Balaban J connectivity index is 1.33. The minimum Gasteiger partial charge on any atom is -0.394 e. The molecule has 3 fully saturated rings. The predicted molar refractivity (Wildman–Crippen MR) is 162 cm³/mol. The fraction of sp³-hybridized carbons (Fsp3) is 0.424. The number of hydrogen-bond donors (Lipinski definition) is 3. The summed E-state index contributed by atoms with van der Waals surface area (Å²) >= 11 is 1.65. The van der Waals surface area contributed by atoms with Crippen molar-refractivity contribution >= 4 is 45.9 Å². The van der Waals surface area contributed by atoms with E-state index in [2.05, 4.69) is 10.6 Å². The number of aliphatic hydroxyl groups excluding tert-OH is 1. The average Bonchev–Trinajstić information content (AvgIpc) is 3.64. The highest BCUT2D eigenvalue weighted by molar-refractivity contribution is 8.02. The van der Waals surface area contributed by atoms with Crippen LogP contribution < -0.4 is 10.6 Å². The molecule has 3 aromatic carbocycles. The van der Waals surface area contributed by atoms with E-state index in [0.717, 1.165) is 29.2 Å². The first-order chi connectivity index (χ1) is 19.9. The van der Waals surface area contributed by atoms with Crippen molar-refractivity contribution < 1.29 is 19.5 Å². The first kappa shape index (κ1) is 27.8. The van der Waals surface area contributed by atoms with Gasteiger partial charge in [-0.15, -0.1) is 11.8 Å². The molecular formula is C33H37N3O4S. The van der Waals surface area contributed by atoms with Crippen LogP contribution in [-0.2, 0) is 20.9 Å². The number of nitrogens with zero attached hydrogens (tertiary/aromatic N) is 1. The van der Waals surface area contributed by atoms with Gasteiger partial charge in [-0.1, -0.05) is 80.9 Å². The Morgan fingerprint density at radius 2 is 1.78 bits per heavy atom. The van der Waals surface area contributed by atoms with Gasteiger partial charge in [-0.25, -0.2) is 0 Å². The monoisotopic (exact) mass is 571 g/mol. The van der Waals surface area contributed by atoms with Crippen LogP contribution in [0.15, 0.2) is 72.8 Å². The summed E-state index contributed by atoms with van der Waals surface area (Å²) in [6.45, 7) is 4.19. The zero-order valence-corrected chi connectivity index (χ0v) is 24.3. The molecule has 3 heterocycles. The van der Waals surface area contributed by atoms with E-state index in [9.17, 15) is 19.5 Å². The summed E-state index contributed by atoms with van der Waals surface area (Å²) in [4.78, 5) is 43.9. The van der Waals surface area contributed by atoms with Crippen LogP contribution in [0.3, 0.4) is 0 Å². The number of nitrogens with one attached hydrogen (secondary N) is 2. The molecule has 3 N–H and O–H groups in total. The van der Waals surface area contributed by atoms with Gasteiger partial charge in [0.1, 0.15) is 6.04 Å². The van der Waals surface area contributed by atoms with E-state index in [-0.39, 0.29) is 35.5 Å². The second-order valence-corrected chi connectivity index (χ2v) is 13.3. The molecule has 7 nitrogen and oxygen atoms in total. The van der Waals surface area contributed by atoms with Crippen molar-refractivity contribution in [2.75, 3.05) is 11.9 Å². The van der Waals surface area contributed by atoms with Crippen LogP contribution in [0.4, 0.5) is 5.69 Å². The number of benzene rings is 3. The summed E-state index contributed by atoms with van der Waals surface area (Å²) in [6.07, 6.45) is 2.22. The molecule has 3 aliphatic rings. The van der Waals surface area contributed by atoms with Gasteiger partial charge in [0.2, 0.25) is 17.7 Å². The Hall–Kier alpha value is -3.36. The van der Waals surface area contributed by atoms with Gasteiger partial charge in [0.25, 0.3) is 0 Å². The quantitative estimate of drug-likeness (QED) is 0.349. The number of hydrogen-bond acceptors (Lipinski definition) is 5. The number of carbonyl (C=O) groups is 3. The summed E-state index contributed by atoms with van der Waals surface area (Å²) in [5, 5.41) is 18.8. The molecule has 3 aromatic rings. The number of anilines is 1. The number of amides is 3. The van der Waals surface area contributed by atoms with Crippen molar-refractivity contribution in [1.82, 2.24) is 10.2 Å². The van der Waals surface area contributed by atoms with Crippen LogP contribution >= 0.6 is 11.8 Å². The number of fused-ring (bicyclic) bond motifs is 2. The van der Waals surface area contributed by atoms with E-state index in [1.54, 1.807) is 16.7 Å². The van der Waals surface area contributed by atoms with Crippen molar-refractivity contribution in [2.45, 2.75) is 61.7 Å². The third-order valence-corrected chi connectivity index (χ3v) is 11.4. The second-order valence-electron chi connectivity index (χ2n) is 11.7. The molecular weight excluding hydrogens is 534 g/mol. The summed E-state index contributed by atoms with van der Waals surface area (Å²) in [6, 6.07) is 22.2. The smallest absolute Gasteiger partial charge is 0.248 e. The number of thioether (sulfide) groups is 1. The molecule has 0 radical (unpaired) electrons. The van der Waals surface area contributed by atoms with Crippen molar-refractivity contribution in [3.8, 4) is 0 Å². The molecule has 1 spiro atoms. The van der Waals surface area contributed by atoms with E-state index in [1.807, 2.05) is 86.6 Å². The zero-order valence-electron chi connectivity index (χ0n) is 23.5. The van der Waals surface area contributed by atoms with Crippen molar-refractivity contribution in [3.05, 3.63) is 78.4 Å². The van der Waals surface area contributed by atoms with Crippen molar-refractivity contribution in [3.63, 3.8) is 0 Å². The van der Waals surface area contributed by atoms with E-state index in [1.165, 1.54) is 0 Å². The Labute approximate surface area is 245 Å². The molecule has 2 unspecified atom stereocenters. The Bertz CT molecular complexity index is 1470. The lowest BCUT2D eigenvalue weighted by molar-refractivity contribution is -0.143. The predicted octanol–water partition coefficient (Wildman–Crippen LogP) is 4.59. The Morgan fingerprint density at radius 3 is 2.51 bits per heavy atom. The van der Waals surface area contributed by atoms with E-state index in [4.69, 9.17) is 0 Å². The van der Waals surface area contributed by atoms with Crippen LogP contribution in [0, 0.1) is 17.8 Å². The molecule has 0 aliphatic carbocycles. The minimum absolute atomic E-state index is 0.0114. The highest BCUT2D eigenvalue weighted by Gasteiger charge is 2.74. The first-order valence-corrected chi connectivity index (χ1v) is 15.5. The normalized spacial score (nSPS) is 28.0. The number of carbonyl (C=O) groups excluding carboxylic acids is 3. The molecule has 214 valence electrons. The largest absolute Gasteiger partial charge is 0.394 e. The van der Waals surface area contributed by atoms with Gasteiger partial charge >= 0.3 is 0 Å². The Kier molecular flexibility index (Phi) is 7.55. The van der Waals surface area contributed by atoms with Gasteiger partial charge in [0, 0.05) is 17.5 Å². The van der Waals surface area contributed by atoms with Gasteiger partial charge < -0.3 is 20.6 Å². The average molecular weight is 572 g/mol. The highest BCUT2D eigenvalue weighted by Crippen LogP contribution is 2.66. The van der Waals surface area contributed by atoms with E-state index >= 15 is 0 Å². The summed E-state index contributed by atoms with van der Waals surface area (Å²) in [7, 11) is 0. The third-order valence-electron chi connectivity index (χ3n) is 9.46. The second kappa shape index (κ2) is 11.1. The maximum absolute atomic E-state index is 14.4. The summed E-state index contributed by atoms with van der Waals surface area (Å²) in [5.74, 6) is -1.70. The standard InChI is InChI=1S/C33H37N3O4S/c1-3-20(2)25(19-37)36-29(31(39)35-24-14-13-22-11-7-8-12-23(22)17-24)33-16-15-26(41-33)27(28(33)32(36)40)30(38)34-18-21-9-5-4-6-10-21/h4-14,17,20,25-29,37H,3,15-16,18-19H2,1-2H3,(H,34,38)(H,35,39)/t20-,25-,26-,27+,28-,29?,33?/m0/s1. The van der Waals surface area contributed by atoms with Gasteiger partial charge in [-0.05, 0) is 47.2 Å². The first-order valence-electron chi connectivity index (χ1n) is 14.6. The molecule has 8 heteroatoms. The Morgan fingerprint density at radius 1 is 1.05 bits per heavy atom. The fourth-order valence-corrected chi connectivity index (χ4v) is 9.45. The number of aliphatic hydroxyl groups is 1. The SMILES string of the molecule is CC[C@H](C)[C@H](CO)N1C(=O)[C@@H]2[C@H](C(=O)NCc3ccccc3)[C@@H]3CCC2(S3)C1C(=O)Nc1ccc2ccccc2c1. The van der Waals surface area contributed by atoms with Crippen LogP contribution in [0.2, 0.25) is 0 Å². The van der Waals surface area contributed by atoms with Crippen LogP contribution in [0.1, 0.15) is 38.7 Å². The fourth-order valence-electron chi connectivity index (χ4n) is 7.24. The minimum atomic E-state index is -0.778. The van der Waals surface area contributed by atoms with Crippen molar-refractivity contribution in [2.24, 2.45) is 17.8 Å². The molecule has 0 saturated carbocycles. The lowest BCUT2D eigenvalue weighted by Gasteiger charge is -2.39. The zero-order chi connectivity index (χ0) is 28.7. The van der Waals surface area contributed by atoms with Crippen molar-refractivity contribution in [1.29, 1.82) is 0 Å². The number of likely N-dealkylation sites (tertiary alicyclic amines) is 1. The molecule has 6 rings (SSSR count). The van der Waals surface area contributed by atoms with E-state index in [0.29, 0.717) is 18.7 Å². The summed E-state index contributed by atoms with van der Waals surface area (Å²) in [5.41, 5.74) is 1.66. The molecule has 3 aliphatic heterocycles. The van der Waals surface area contributed by atoms with Crippen LogP contribution in [0.5, 0.6) is 0 Å². The van der Waals surface area contributed by atoms with Gasteiger partial charge in [0.15, 0.2) is 0 Å². The molecule has 3 saturated heterocycles. The van der Waals surface area contributed by atoms with Gasteiger partial charge in [-0.2, -0.15) is 0 Å². The van der Waals surface area contributed by atoms with Crippen LogP contribution in [0.25, 0.3) is 10.8 Å². The topological polar surface area (TPSA) is 98.7 Å². The maximum atomic E-state index is 14.4. The molecule has 7 atom stereocenters. The highest BCUT2D eigenvalue weighted by atomic mass is 32.2. The molecule has 3 amide bonds. The van der Waals surface area contributed by atoms with Crippen LogP contribution in [-0.4, -0.2) is 56.4 Å². The summed E-state index contributed by atoms with van der Waals surface area (Å²) < 4.78 is -0.710. The maximum Gasteiger partial charge on any atom is 0.248 e. The lowest BCUT2D eigenvalue weighted by Crippen LogP contribution is -2.56. The van der Waals surface area contributed by atoms with Gasteiger partial charge in [0.05, 0.1) is 29.2 Å². The molecule has 41 heavy (non-hydrogen) atoms. The third kappa shape index (κ3) is 4.71. The van der Waals surface area contributed by atoms with E-state index < -0.39 is 28.7 Å². The number of rotatable bonds is 9.